The number of hydrogen-bond donors (Lipinski definition) is 0. The van der Waals surface area contributed by atoms with Crippen LogP contribution in [0.1, 0.15) is 51.3 Å². The maximum Gasteiger partial charge on any atom is 0.0804 e. The molecule has 0 atom stereocenters. The molecule has 0 radical (unpaired) electrons. The van der Waals surface area contributed by atoms with Crippen LogP contribution in [0.25, 0.3) is 0 Å². The van der Waals surface area contributed by atoms with E-state index in [1.165, 1.54) is 16.7 Å². The Morgan fingerprint density at radius 3 is 1.14 bits per heavy atom. The molecule has 0 aliphatic heterocycles. The molecule has 3 aromatic carbocycles. The van der Waals surface area contributed by atoms with Crippen LogP contribution in [0.15, 0.2) is 91.0 Å². The van der Waals surface area contributed by atoms with Gasteiger partial charge in [0.2, 0.25) is 0 Å². The Labute approximate surface area is 170 Å². The predicted octanol–water partition coefficient (Wildman–Crippen LogP) is 6.86. The van der Waals surface area contributed by atoms with Gasteiger partial charge in [-0.25, -0.2) is 0 Å². The molecule has 0 unspecified atom stereocenters. The SMILES string of the molecule is CC(C)(C)COC(C)(C)C(c1ccccc1)(c1ccccc1)c1ccccc1. The monoisotopic (exact) mass is 372 g/mol. The quantitative estimate of drug-likeness (QED) is 0.429. The van der Waals surface area contributed by atoms with Crippen molar-refractivity contribution in [2.45, 2.75) is 45.6 Å². The molecule has 1 heteroatoms. The highest BCUT2D eigenvalue weighted by Crippen LogP contribution is 2.49. The third-order valence-electron chi connectivity index (χ3n) is 5.39. The third-order valence-corrected chi connectivity index (χ3v) is 5.39. The molecule has 0 bridgehead atoms. The molecule has 1 nitrogen and oxygen atoms in total. The van der Waals surface area contributed by atoms with E-state index in [0.717, 1.165) is 0 Å². The lowest BCUT2D eigenvalue weighted by molar-refractivity contribution is -0.0795. The Kier molecular flexibility index (Phi) is 5.76. The van der Waals surface area contributed by atoms with Crippen molar-refractivity contribution in [1.82, 2.24) is 0 Å². The summed E-state index contributed by atoms with van der Waals surface area (Å²) in [5, 5.41) is 0. The molecular weight excluding hydrogens is 340 g/mol. The van der Waals surface area contributed by atoms with E-state index >= 15 is 0 Å². The Bertz CT molecular complexity index is 762. The van der Waals surface area contributed by atoms with Crippen LogP contribution in [-0.2, 0) is 10.2 Å². The van der Waals surface area contributed by atoms with Gasteiger partial charge in [0.1, 0.15) is 0 Å². The highest BCUT2D eigenvalue weighted by atomic mass is 16.5. The van der Waals surface area contributed by atoms with Gasteiger partial charge < -0.3 is 4.74 Å². The van der Waals surface area contributed by atoms with E-state index in [2.05, 4.69) is 126 Å². The summed E-state index contributed by atoms with van der Waals surface area (Å²) in [7, 11) is 0. The molecule has 3 aromatic rings. The minimum atomic E-state index is -0.468. The van der Waals surface area contributed by atoms with Crippen LogP contribution >= 0.6 is 0 Å². The summed E-state index contributed by atoms with van der Waals surface area (Å²) in [6, 6.07) is 32.3. The Balaban J connectivity index is 2.31. The zero-order valence-electron chi connectivity index (χ0n) is 17.8. The number of rotatable bonds is 6. The van der Waals surface area contributed by atoms with E-state index in [0.29, 0.717) is 6.61 Å². The lowest BCUT2D eigenvalue weighted by atomic mass is 9.60. The van der Waals surface area contributed by atoms with Crippen molar-refractivity contribution < 1.29 is 4.74 Å². The summed E-state index contributed by atoms with van der Waals surface area (Å²) in [6.07, 6.45) is 0. The van der Waals surface area contributed by atoms with Crippen molar-refractivity contribution >= 4 is 0 Å². The zero-order chi connectivity index (χ0) is 20.3. The summed E-state index contributed by atoms with van der Waals surface area (Å²) >= 11 is 0. The fourth-order valence-electron chi connectivity index (χ4n) is 4.11. The molecule has 0 saturated heterocycles. The molecule has 0 saturated carbocycles. The van der Waals surface area contributed by atoms with Crippen molar-refractivity contribution in [3.8, 4) is 0 Å². The molecule has 0 aliphatic rings. The fourth-order valence-corrected chi connectivity index (χ4v) is 4.11. The van der Waals surface area contributed by atoms with Crippen molar-refractivity contribution in [2.75, 3.05) is 6.61 Å². The first-order valence-electron chi connectivity index (χ1n) is 10.1. The van der Waals surface area contributed by atoms with Gasteiger partial charge in [-0.1, -0.05) is 112 Å². The first-order valence-corrected chi connectivity index (χ1v) is 10.1. The molecule has 0 spiro atoms. The molecule has 3 rings (SSSR count). The first-order chi connectivity index (χ1) is 13.3. The van der Waals surface area contributed by atoms with Gasteiger partial charge in [-0.15, -0.1) is 0 Å². The van der Waals surface area contributed by atoms with Crippen LogP contribution in [0.4, 0.5) is 0 Å². The summed E-state index contributed by atoms with van der Waals surface area (Å²) in [5.41, 5.74) is 2.92. The number of hydrogen-bond acceptors (Lipinski definition) is 1. The molecular formula is C27H32O. The van der Waals surface area contributed by atoms with Gasteiger partial charge >= 0.3 is 0 Å². The second-order valence-electron chi connectivity index (χ2n) is 9.21. The van der Waals surface area contributed by atoms with E-state index in [1.54, 1.807) is 0 Å². The van der Waals surface area contributed by atoms with E-state index in [1.807, 2.05) is 0 Å². The first kappa shape index (κ1) is 20.4. The normalized spacial score (nSPS) is 12.8. The smallest absolute Gasteiger partial charge is 0.0804 e. The third kappa shape index (κ3) is 3.91. The topological polar surface area (TPSA) is 9.23 Å². The highest BCUT2D eigenvalue weighted by molar-refractivity contribution is 5.53. The molecule has 28 heavy (non-hydrogen) atoms. The lowest BCUT2D eigenvalue weighted by Crippen LogP contribution is -2.52. The van der Waals surface area contributed by atoms with Crippen LogP contribution < -0.4 is 0 Å². The minimum absolute atomic E-state index is 0.0904. The Morgan fingerprint density at radius 1 is 0.536 bits per heavy atom. The Morgan fingerprint density at radius 2 is 0.857 bits per heavy atom. The van der Waals surface area contributed by atoms with Crippen LogP contribution in [0, 0.1) is 5.41 Å². The van der Waals surface area contributed by atoms with E-state index < -0.39 is 11.0 Å². The summed E-state index contributed by atoms with van der Waals surface area (Å²) in [6.45, 7) is 11.8. The average Bonchev–Trinajstić information content (AvgIpc) is 2.69. The van der Waals surface area contributed by atoms with E-state index in [4.69, 9.17) is 4.74 Å². The maximum absolute atomic E-state index is 6.72. The van der Waals surface area contributed by atoms with Crippen molar-refractivity contribution in [2.24, 2.45) is 5.41 Å². The van der Waals surface area contributed by atoms with Gasteiger partial charge in [-0.05, 0) is 36.0 Å². The second-order valence-corrected chi connectivity index (χ2v) is 9.21. The van der Waals surface area contributed by atoms with Gasteiger partial charge in [0.25, 0.3) is 0 Å². The summed E-state index contributed by atoms with van der Waals surface area (Å²) < 4.78 is 6.72. The largest absolute Gasteiger partial charge is 0.373 e. The van der Waals surface area contributed by atoms with Gasteiger partial charge in [-0.2, -0.15) is 0 Å². The van der Waals surface area contributed by atoms with Crippen LogP contribution in [0.2, 0.25) is 0 Å². The zero-order valence-corrected chi connectivity index (χ0v) is 17.8. The average molecular weight is 373 g/mol. The highest BCUT2D eigenvalue weighted by Gasteiger charge is 2.50. The molecule has 0 heterocycles. The van der Waals surface area contributed by atoms with Crippen LogP contribution in [0.5, 0.6) is 0 Å². The number of benzene rings is 3. The van der Waals surface area contributed by atoms with Crippen molar-refractivity contribution in [1.29, 1.82) is 0 Å². The molecule has 0 aromatic heterocycles. The molecule has 0 N–H and O–H groups in total. The molecule has 146 valence electrons. The molecule has 0 fully saturated rings. The van der Waals surface area contributed by atoms with E-state index in [-0.39, 0.29) is 5.41 Å². The summed E-state index contributed by atoms with van der Waals surface area (Å²) in [4.78, 5) is 0. The van der Waals surface area contributed by atoms with Gasteiger partial charge in [0.15, 0.2) is 0 Å². The van der Waals surface area contributed by atoms with Gasteiger partial charge in [0.05, 0.1) is 17.6 Å². The molecule has 0 aliphatic carbocycles. The predicted molar refractivity (Wildman–Crippen MR) is 119 cm³/mol. The van der Waals surface area contributed by atoms with E-state index in [9.17, 15) is 0 Å². The molecule has 0 amide bonds. The Hall–Kier alpha value is -2.38. The van der Waals surface area contributed by atoms with Gasteiger partial charge in [-0.3, -0.25) is 0 Å². The van der Waals surface area contributed by atoms with Crippen LogP contribution in [0.3, 0.4) is 0 Å². The summed E-state index contributed by atoms with van der Waals surface area (Å²) in [5.74, 6) is 0. The van der Waals surface area contributed by atoms with Crippen LogP contribution in [-0.4, -0.2) is 12.2 Å². The number of ether oxygens (including phenoxy) is 1. The van der Waals surface area contributed by atoms with Crippen molar-refractivity contribution in [3.63, 3.8) is 0 Å². The van der Waals surface area contributed by atoms with Gasteiger partial charge in [0, 0.05) is 0 Å². The lowest BCUT2D eigenvalue weighted by Gasteiger charge is -2.49. The standard InChI is InChI=1S/C27H32O/c1-25(2,3)21-28-26(4,5)27(22-15-9-6-10-16-22,23-17-11-7-12-18-23)24-19-13-8-14-20-24/h6-20H,21H2,1-5H3. The second kappa shape index (κ2) is 7.93. The maximum atomic E-state index is 6.72. The minimum Gasteiger partial charge on any atom is -0.373 e. The van der Waals surface area contributed by atoms with Crippen molar-refractivity contribution in [3.05, 3.63) is 108 Å². The fraction of sp³-hybridized carbons (Fsp3) is 0.333.